The minimum atomic E-state index is -0.470. The van der Waals surface area contributed by atoms with Gasteiger partial charge in [0.25, 0.3) is 5.91 Å². The number of nitrogens with zero attached hydrogens (tertiary/aromatic N) is 1. The molecule has 2 aromatic rings. The molecule has 0 aliphatic rings. The summed E-state index contributed by atoms with van der Waals surface area (Å²) in [7, 11) is 0. The smallest absolute Gasteiger partial charge is 0.274 e. The highest BCUT2D eigenvalue weighted by Crippen LogP contribution is 2.21. The average Bonchev–Trinajstić information content (AvgIpc) is 2.33. The highest BCUT2D eigenvalue weighted by Gasteiger charge is 2.08. The van der Waals surface area contributed by atoms with Crippen LogP contribution in [0.3, 0.4) is 0 Å². The zero-order valence-electron chi connectivity index (χ0n) is 8.65. The molecule has 0 saturated heterocycles. The number of anilines is 1. The van der Waals surface area contributed by atoms with Crippen LogP contribution in [0.1, 0.15) is 10.5 Å². The zero-order valence-corrected chi connectivity index (χ0v) is 10.2. The van der Waals surface area contributed by atoms with Crippen LogP contribution >= 0.6 is 15.9 Å². The third-order valence-corrected chi connectivity index (χ3v) is 2.77. The number of carbonyl (C=O) groups excluding carboxylic acids is 1. The number of hydrogen-bond donors (Lipinski definition) is 1. The van der Waals surface area contributed by atoms with Gasteiger partial charge >= 0.3 is 0 Å². The fourth-order valence-electron chi connectivity index (χ4n) is 1.26. The van der Waals surface area contributed by atoms with E-state index in [9.17, 15) is 9.18 Å². The Balaban J connectivity index is 2.17. The lowest BCUT2D eigenvalue weighted by atomic mass is 10.3. The van der Waals surface area contributed by atoms with Crippen LogP contribution in [0.2, 0.25) is 0 Å². The maximum Gasteiger partial charge on any atom is 0.274 e. The molecule has 86 valence electrons. The van der Waals surface area contributed by atoms with Gasteiger partial charge in [-0.05, 0) is 40.2 Å². The molecule has 0 radical (unpaired) electrons. The number of hydrogen-bond acceptors (Lipinski definition) is 2. The van der Waals surface area contributed by atoms with Crippen LogP contribution in [0.25, 0.3) is 0 Å². The number of pyridine rings is 1. The fraction of sp³-hybridized carbons (Fsp3) is 0. The van der Waals surface area contributed by atoms with Crippen molar-refractivity contribution in [3.05, 3.63) is 58.6 Å². The van der Waals surface area contributed by atoms with Gasteiger partial charge in [-0.25, -0.2) is 9.37 Å². The summed E-state index contributed by atoms with van der Waals surface area (Å²) in [6.07, 6.45) is 1.01. The third kappa shape index (κ3) is 2.88. The van der Waals surface area contributed by atoms with Gasteiger partial charge in [-0.15, -0.1) is 0 Å². The van der Waals surface area contributed by atoms with Crippen LogP contribution in [0.5, 0.6) is 0 Å². The van der Waals surface area contributed by atoms with Crippen molar-refractivity contribution < 1.29 is 9.18 Å². The molecule has 1 aromatic heterocycles. The minimum absolute atomic E-state index is 0.169. The van der Waals surface area contributed by atoms with E-state index in [4.69, 9.17) is 0 Å². The maximum absolute atomic E-state index is 12.6. The Morgan fingerprint density at radius 3 is 2.65 bits per heavy atom. The molecule has 0 saturated carbocycles. The highest BCUT2D eigenvalue weighted by atomic mass is 79.9. The largest absolute Gasteiger partial charge is 0.320 e. The van der Waals surface area contributed by atoms with E-state index < -0.39 is 5.82 Å². The second-order valence-corrected chi connectivity index (χ2v) is 4.15. The lowest BCUT2D eigenvalue weighted by Crippen LogP contribution is -2.13. The predicted octanol–water partition coefficient (Wildman–Crippen LogP) is 3.24. The zero-order chi connectivity index (χ0) is 12.3. The monoisotopic (exact) mass is 294 g/mol. The van der Waals surface area contributed by atoms with Crippen LogP contribution < -0.4 is 5.32 Å². The Kier molecular flexibility index (Phi) is 3.49. The van der Waals surface area contributed by atoms with Crippen molar-refractivity contribution >= 4 is 27.5 Å². The molecule has 0 unspecified atom stereocenters. The predicted molar refractivity (Wildman–Crippen MR) is 66.3 cm³/mol. The number of aromatic nitrogens is 1. The number of carbonyl (C=O) groups is 1. The first-order valence-electron chi connectivity index (χ1n) is 4.84. The van der Waals surface area contributed by atoms with Crippen LogP contribution in [0.4, 0.5) is 10.1 Å². The number of rotatable bonds is 2. The van der Waals surface area contributed by atoms with Crippen molar-refractivity contribution in [3.8, 4) is 0 Å². The molecule has 1 heterocycles. The topological polar surface area (TPSA) is 42.0 Å². The van der Waals surface area contributed by atoms with Crippen molar-refractivity contribution in [3.63, 3.8) is 0 Å². The van der Waals surface area contributed by atoms with E-state index in [1.54, 1.807) is 12.1 Å². The second-order valence-electron chi connectivity index (χ2n) is 3.30. The summed E-state index contributed by atoms with van der Waals surface area (Å²) >= 11 is 3.31. The van der Waals surface area contributed by atoms with E-state index in [1.807, 2.05) is 12.1 Å². The summed E-state index contributed by atoms with van der Waals surface area (Å²) in [6, 6.07) is 9.75. The Labute approximate surface area is 106 Å². The molecule has 2 rings (SSSR count). The summed E-state index contributed by atoms with van der Waals surface area (Å²) in [4.78, 5) is 15.5. The lowest BCUT2D eigenvalue weighted by Gasteiger charge is -2.06. The highest BCUT2D eigenvalue weighted by molar-refractivity contribution is 9.10. The molecular formula is C12H8BrFN2O. The summed E-state index contributed by atoms with van der Waals surface area (Å²) < 4.78 is 13.4. The molecule has 1 N–H and O–H groups in total. The van der Waals surface area contributed by atoms with E-state index in [0.717, 1.165) is 10.7 Å². The third-order valence-electron chi connectivity index (χ3n) is 2.08. The van der Waals surface area contributed by atoms with Gasteiger partial charge in [0, 0.05) is 4.47 Å². The van der Waals surface area contributed by atoms with E-state index >= 15 is 0 Å². The average molecular weight is 295 g/mol. The van der Waals surface area contributed by atoms with Gasteiger partial charge in [0.2, 0.25) is 0 Å². The Bertz CT molecular complexity index is 542. The number of halogens is 2. The summed E-state index contributed by atoms with van der Waals surface area (Å²) in [5.74, 6) is -0.848. The molecule has 17 heavy (non-hydrogen) atoms. The molecule has 5 heteroatoms. The molecule has 0 aliphatic carbocycles. The van der Waals surface area contributed by atoms with Gasteiger partial charge in [0.15, 0.2) is 0 Å². The molecule has 0 aliphatic heterocycles. The van der Waals surface area contributed by atoms with Crippen molar-refractivity contribution in [2.75, 3.05) is 5.32 Å². The van der Waals surface area contributed by atoms with Crippen molar-refractivity contribution in [2.24, 2.45) is 0 Å². The number of benzene rings is 1. The number of nitrogens with one attached hydrogen (secondary N) is 1. The van der Waals surface area contributed by atoms with Gasteiger partial charge < -0.3 is 5.32 Å². The first-order valence-corrected chi connectivity index (χ1v) is 5.63. The van der Waals surface area contributed by atoms with Crippen LogP contribution in [-0.2, 0) is 0 Å². The van der Waals surface area contributed by atoms with Gasteiger partial charge in [-0.3, -0.25) is 4.79 Å². The fourth-order valence-corrected chi connectivity index (χ4v) is 1.64. The normalized spacial score (nSPS) is 10.0. The molecule has 0 bridgehead atoms. The minimum Gasteiger partial charge on any atom is -0.320 e. The summed E-state index contributed by atoms with van der Waals surface area (Å²) in [6.45, 7) is 0. The molecule has 0 spiro atoms. The lowest BCUT2D eigenvalue weighted by molar-refractivity contribution is 0.102. The second kappa shape index (κ2) is 5.05. The van der Waals surface area contributed by atoms with E-state index in [2.05, 4.69) is 26.2 Å². The molecular weight excluding hydrogens is 287 g/mol. The Hall–Kier alpha value is -1.75. The first kappa shape index (κ1) is 11.7. The van der Waals surface area contributed by atoms with Crippen molar-refractivity contribution in [2.45, 2.75) is 0 Å². The molecule has 0 fully saturated rings. The van der Waals surface area contributed by atoms with Gasteiger partial charge in [0.05, 0.1) is 11.9 Å². The number of amides is 1. The first-order chi connectivity index (χ1) is 8.16. The van der Waals surface area contributed by atoms with Gasteiger partial charge in [0.1, 0.15) is 11.5 Å². The van der Waals surface area contributed by atoms with Crippen LogP contribution in [0, 0.1) is 5.82 Å². The van der Waals surface area contributed by atoms with Crippen LogP contribution in [-0.4, -0.2) is 10.9 Å². The molecule has 3 nitrogen and oxygen atoms in total. The molecule has 1 amide bonds. The maximum atomic E-state index is 12.6. The Morgan fingerprint density at radius 2 is 2.00 bits per heavy atom. The van der Waals surface area contributed by atoms with Crippen molar-refractivity contribution in [1.29, 1.82) is 0 Å². The van der Waals surface area contributed by atoms with E-state index in [-0.39, 0.29) is 11.6 Å². The molecule has 1 aromatic carbocycles. The van der Waals surface area contributed by atoms with E-state index in [1.165, 1.54) is 12.1 Å². The van der Waals surface area contributed by atoms with E-state index in [0.29, 0.717) is 5.69 Å². The van der Waals surface area contributed by atoms with Crippen LogP contribution in [0.15, 0.2) is 47.1 Å². The summed E-state index contributed by atoms with van der Waals surface area (Å²) in [5, 5.41) is 2.68. The number of para-hydroxylation sites is 1. The summed E-state index contributed by atoms with van der Waals surface area (Å²) in [5.41, 5.74) is 0.811. The Morgan fingerprint density at radius 1 is 1.24 bits per heavy atom. The van der Waals surface area contributed by atoms with Crippen molar-refractivity contribution in [1.82, 2.24) is 4.98 Å². The van der Waals surface area contributed by atoms with Gasteiger partial charge in [-0.2, -0.15) is 0 Å². The quantitative estimate of drug-likeness (QED) is 0.924. The van der Waals surface area contributed by atoms with Gasteiger partial charge in [-0.1, -0.05) is 12.1 Å². The standard InChI is InChI=1S/C12H8BrFN2O/c13-9-3-1-2-4-10(9)16-12(17)11-6-5-8(14)7-15-11/h1-7H,(H,16,17). The SMILES string of the molecule is O=C(Nc1ccccc1Br)c1ccc(F)cn1. The molecule has 0 atom stereocenters.